The monoisotopic (exact) mass is 278 g/mol. The number of ether oxygens (including phenoxy) is 2. The number of nitrogens with zero attached hydrogens (tertiary/aromatic N) is 1. The summed E-state index contributed by atoms with van der Waals surface area (Å²) >= 11 is 0. The van der Waals surface area contributed by atoms with Gasteiger partial charge in [-0.15, -0.1) is 0 Å². The molecule has 0 bridgehead atoms. The minimum atomic E-state index is -0.449. The van der Waals surface area contributed by atoms with E-state index < -0.39 is 5.97 Å². The van der Waals surface area contributed by atoms with Gasteiger partial charge in [0.1, 0.15) is 0 Å². The number of carbonyl (C=O) groups excluding carboxylic acids is 2. The Labute approximate surface area is 117 Å². The summed E-state index contributed by atoms with van der Waals surface area (Å²) in [6.07, 6.45) is 0. The van der Waals surface area contributed by atoms with Crippen LogP contribution in [-0.4, -0.2) is 49.6 Å². The predicted octanol–water partition coefficient (Wildman–Crippen LogP) is 0.423. The first-order valence-electron chi connectivity index (χ1n) is 6.56. The van der Waals surface area contributed by atoms with E-state index in [4.69, 9.17) is 9.47 Å². The second kappa shape index (κ2) is 7.02. The lowest BCUT2D eigenvalue weighted by Crippen LogP contribution is -2.46. The van der Waals surface area contributed by atoms with E-state index in [-0.39, 0.29) is 24.0 Å². The average molecular weight is 278 g/mol. The zero-order valence-corrected chi connectivity index (χ0v) is 11.4. The SMILES string of the molecule is CC(=O)Oc1ccccc1OC(=O)CN1CCNCC1. The van der Waals surface area contributed by atoms with Crippen molar-refractivity contribution >= 4 is 11.9 Å². The van der Waals surface area contributed by atoms with Gasteiger partial charge in [-0.3, -0.25) is 14.5 Å². The Kier molecular flexibility index (Phi) is 5.09. The third-order valence-corrected chi connectivity index (χ3v) is 2.89. The molecule has 20 heavy (non-hydrogen) atoms. The standard InChI is InChI=1S/C14H18N2O4/c1-11(17)19-12-4-2-3-5-13(12)20-14(18)10-16-8-6-15-7-9-16/h2-5,15H,6-10H2,1H3. The molecule has 0 amide bonds. The van der Waals surface area contributed by atoms with Gasteiger partial charge in [0.25, 0.3) is 0 Å². The molecule has 1 aromatic carbocycles. The van der Waals surface area contributed by atoms with Gasteiger partial charge in [0.2, 0.25) is 0 Å². The molecular weight excluding hydrogens is 260 g/mol. The third kappa shape index (κ3) is 4.32. The molecule has 0 radical (unpaired) electrons. The molecule has 1 heterocycles. The van der Waals surface area contributed by atoms with Gasteiger partial charge in [-0.1, -0.05) is 12.1 Å². The van der Waals surface area contributed by atoms with E-state index >= 15 is 0 Å². The first-order chi connectivity index (χ1) is 9.65. The van der Waals surface area contributed by atoms with Gasteiger partial charge in [0, 0.05) is 33.1 Å². The number of nitrogens with one attached hydrogen (secondary N) is 1. The zero-order valence-electron chi connectivity index (χ0n) is 11.4. The molecule has 0 aliphatic carbocycles. The second-order valence-corrected chi connectivity index (χ2v) is 4.54. The van der Waals surface area contributed by atoms with E-state index in [1.54, 1.807) is 24.3 Å². The highest BCUT2D eigenvalue weighted by atomic mass is 16.6. The molecule has 0 aromatic heterocycles. The Bertz CT molecular complexity index is 484. The quantitative estimate of drug-likeness (QED) is 0.636. The van der Waals surface area contributed by atoms with Gasteiger partial charge in [-0.25, -0.2) is 0 Å². The lowest BCUT2D eigenvalue weighted by atomic mass is 10.3. The Balaban J connectivity index is 1.94. The van der Waals surface area contributed by atoms with E-state index in [2.05, 4.69) is 5.32 Å². The van der Waals surface area contributed by atoms with Crippen molar-refractivity contribution in [2.24, 2.45) is 0 Å². The third-order valence-electron chi connectivity index (χ3n) is 2.89. The van der Waals surface area contributed by atoms with Crippen molar-refractivity contribution in [1.82, 2.24) is 10.2 Å². The summed E-state index contributed by atoms with van der Waals surface area (Å²) in [4.78, 5) is 24.9. The van der Waals surface area contributed by atoms with Gasteiger partial charge in [-0.05, 0) is 12.1 Å². The van der Waals surface area contributed by atoms with Gasteiger partial charge in [0.05, 0.1) is 6.54 Å². The lowest BCUT2D eigenvalue weighted by Gasteiger charge is -2.26. The predicted molar refractivity (Wildman–Crippen MR) is 72.7 cm³/mol. The molecule has 6 heteroatoms. The van der Waals surface area contributed by atoms with Crippen LogP contribution in [0.15, 0.2) is 24.3 Å². The number of hydrogen-bond donors (Lipinski definition) is 1. The maximum Gasteiger partial charge on any atom is 0.325 e. The van der Waals surface area contributed by atoms with E-state index in [0.717, 1.165) is 26.2 Å². The molecule has 1 saturated heterocycles. The van der Waals surface area contributed by atoms with Crippen LogP contribution in [-0.2, 0) is 9.59 Å². The number of rotatable bonds is 4. The average Bonchev–Trinajstić information content (AvgIpc) is 2.41. The number of para-hydroxylation sites is 2. The van der Waals surface area contributed by atoms with Crippen molar-refractivity contribution in [3.8, 4) is 11.5 Å². The molecule has 1 aromatic rings. The fraction of sp³-hybridized carbons (Fsp3) is 0.429. The number of hydrogen-bond acceptors (Lipinski definition) is 6. The van der Waals surface area contributed by atoms with E-state index in [0.29, 0.717) is 0 Å². The van der Waals surface area contributed by atoms with Crippen molar-refractivity contribution in [2.45, 2.75) is 6.92 Å². The molecule has 0 saturated carbocycles. The summed E-state index contributed by atoms with van der Waals surface area (Å²) < 4.78 is 10.3. The largest absolute Gasteiger partial charge is 0.423 e. The Morgan fingerprint density at radius 2 is 1.75 bits per heavy atom. The van der Waals surface area contributed by atoms with E-state index in [1.807, 2.05) is 4.90 Å². The van der Waals surface area contributed by atoms with Crippen LogP contribution in [0.4, 0.5) is 0 Å². The van der Waals surface area contributed by atoms with Crippen LogP contribution in [0.1, 0.15) is 6.92 Å². The van der Waals surface area contributed by atoms with Gasteiger partial charge >= 0.3 is 11.9 Å². The van der Waals surface area contributed by atoms with Crippen molar-refractivity contribution in [3.63, 3.8) is 0 Å². The fourth-order valence-electron chi connectivity index (χ4n) is 1.98. The smallest absolute Gasteiger partial charge is 0.325 e. The Morgan fingerprint density at radius 1 is 1.15 bits per heavy atom. The molecule has 1 N–H and O–H groups in total. The maximum absolute atomic E-state index is 11.9. The van der Waals surface area contributed by atoms with Gasteiger partial charge < -0.3 is 14.8 Å². The maximum atomic E-state index is 11.9. The molecule has 1 aliphatic heterocycles. The summed E-state index contributed by atoms with van der Waals surface area (Å²) in [5, 5.41) is 3.22. The number of piperazine rings is 1. The van der Waals surface area contributed by atoms with Crippen molar-refractivity contribution < 1.29 is 19.1 Å². The molecule has 2 rings (SSSR count). The van der Waals surface area contributed by atoms with Crippen molar-refractivity contribution in [2.75, 3.05) is 32.7 Å². The Morgan fingerprint density at radius 3 is 2.35 bits per heavy atom. The van der Waals surface area contributed by atoms with Crippen LogP contribution >= 0.6 is 0 Å². The molecule has 6 nitrogen and oxygen atoms in total. The lowest BCUT2D eigenvalue weighted by molar-refractivity contribution is -0.137. The molecule has 1 aliphatic rings. The minimum Gasteiger partial charge on any atom is -0.423 e. The van der Waals surface area contributed by atoms with E-state index in [9.17, 15) is 9.59 Å². The second-order valence-electron chi connectivity index (χ2n) is 4.54. The van der Waals surface area contributed by atoms with Crippen molar-refractivity contribution in [3.05, 3.63) is 24.3 Å². The fourth-order valence-corrected chi connectivity index (χ4v) is 1.98. The molecular formula is C14H18N2O4. The number of benzene rings is 1. The van der Waals surface area contributed by atoms with Crippen LogP contribution < -0.4 is 14.8 Å². The highest BCUT2D eigenvalue weighted by Gasteiger charge is 2.16. The zero-order chi connectivity index (χ0) is 14.4. The van der Waals surface area contributed by atoms with Crippen LogP contribution in [0, 0.1) is 0 Å². The summed E-state index contributed by atoms with van der Waals surface area (Å²) in [5.74, 6) is -0.279. The van der Waals surface area contributed by atoms with Gasteiger partial charge in [-0.2, -0.15) is 0 Å². The normalized spacial score (nSPS) is 15.7. The summed E-state index contributed by atoms with van der Waals surface area (Å²) in [6.45, 7) is 4.92. The first kappa shape index (κ1) is 14.5. The van der Waals surface area contributed by atoms with Crippen LogP contribution in [0.3, 0.4) is 0 Å². The molecule has 0 unspecified atom stereocenters. The van der Waals surface area contributed by atoms with Crippen LogP contribution in [0.5, 0.6) is 11.5 Å². The Hall–Kier alpha value is -1.92. The van der Waals surface area contributed by atoms with Crippen molar-refractivity contribution in [1.29, 1.82) is 0 Å². The number of carbonyl (C=O) groups is 2. The summed E-state index contributed by atoms with van der Waals surface area (Å²) in [6, 6.07) is 6.63. The van der Waals surface area contributed by atoms with Gasteiger partial charge in [0.15, 0.2) is 11.5 Å². The van der Waals surface area contributed by atoms with Crippen LogP contribution in [0.2, 0.25) is 0 Å². The first-order valence-corrected chi connectivity index (χ1v) is 6.56. The molecule has 108 valence electrons. The highest BCUT2D eigenvalue weighted by Crippen LogP contribution is 2.26. The topological polar surface area (TPSA) is 67.9 Å². The number of esters is 2. The van der Waals surface area contributed by atoms with E-state index in [1.165, 1.54) is 6.92 Å². The minimum absolute atomic E-state index is 0.232. The summed E-state index contributed by atoms with van der Waals surface area (Å²) in [5.41, 5.74) is 0. The molecule has 0 atom stereocenters. The van der Waals surface area contributed by atoms with Crippen LogP contribution in [0.25, 0.3) is 0 Å². The summed E-state index contributed by atoms with van der Waals surface area (Å²) in [7, 11) is 0. The highest BCUT2D eigenvalue weighted by molar-refractivity contribution is 5.76. The molecule has 0 spiro atoms. The molecule has 1 fully saturated rings.